The Morgan fingerprint density at radius 3 is 2.44 bits per heavy atom. The average molecular weight is 377 g/mol. The Labute approximate surface area is 143 Å². The summed E-state index contributed by atoms with van der Waals surface area (Å²) >= 11 is 0. The topological polar surface area (TPSA) is 73.2 Å². The van der Waals surface area contributed by atoms with Gasteiger partial charge in [0.2, 0.25) is 10.0 Å². The van der Waals surface area contributed by atoms with Crippen LogP contribution < -0.4 is 9.46 Å². The molecule has 0 radical (unpaired) electrons. The molecule has 0 unspecified atom stereocenters. The molecule has 0 aliphatic carbocycles. The zero-order chi connectivity index (χ0) is 18.8. The molecular formula is C15H18F3N3O3S. The van der Waals surface area contributed by atoms with Gasteiger partial charge in [0.05, 0.1) is 13.7 Å². The highest BCUT2D eigenvalue weighted by Gasteiger charge is 2.33. The van der Waals surface area contributed by atoms with Crippen molar-refractivity contribution >= 4 is 10.0 Å². The zero-order valence-corrected chi connectivity index (χ0v) is 14.7. The molecule has 1 heterocycles. The van der Waals surface area contributed by atoms with E-state index in [1.165, 1.54) is 13.2 Å². The normalized spacial score (nSPS) is 12.4. The molecular weight excluding hydrogens is 359 g/mol. The van der Waals surface area contributed by atoms with Crippen LogP contribution in [0.4, 0.5) is 13.2 Å². The molecule has 6 nitrogen and oxygen atoms in total. The second-order valence-corrected chi connectivity index (χ2v) is 7.18. The van der Waals surface area contributed by atoms with E-state index in [2.05, 4.69) is 9.82 Å². The molecule has 0 fully saturated rings. The molecule has 2 rings (SSSR count). The lowest BCUT2D eigenvalue weighted by Crippen LogP contribution is -2.28. The molecule has 0 spiro atoms. The van der Waals surface area contributed by atoms with Gasteiger partial charge in [0.25, 0.3) is 0 Å². The molecule has 0 atom stereocenters. The van der Waals surface area contributed by atoms with Gasteiger partial charge in [0.1, 0.15) is 10.6 Å². The van der Waals surface area contributed by atoms with Crippen LogP contribution in [0.2, 0.25) is 0 Å². The van der Waals surface area contributed by atoms with Crippen molar-refractivity contribution in [2.45, 2.75) is 31.5 Å². The number of ether oxygens (including phenoxy) is 1. The van der Waals surface area contributed by atoms with Gasteiger partial charge in [0, 0.05) is 12.7 Å². The van der Waals surface area contributed by atoms with Crippen LogP contribution in [0.5, 0.6) is 5.75 Å². The fourth-order valence-corrected chi connectivity index (χ4v) is 3.40. The molecule has 1 aromatic heterocycles. The molecule has 2 aromatic rings. The van der Waals surface area contributed by atoms with Gasteiger partial charge in [-0.1, -0.05) is 0 Å². The van der Waals surface area contributed by atoms with Gasteiger partial charge in [-0.05, 0) is 43.2 Å². The quantitative estimate of drug-likeness (QED) is 0.840. The van der Waals surface area contributed by atoms with Crippen LogP contribution in [0.1, 0.15) is 16.8 Å². The number of hydrogen-bond donors (Lipinski definition) is 1. The summed E-state index contributed by atoms with van der Waals surface area (Å²) in [5, 5.41) is 3.37. The number of rotatable bonds is 6. The van der Waals surface area contributed by atoms with Gasteiger partial charge >= 0.3 is 6.18 Å². The van der Waals surface area contributed by atoms with Crippen molar-refractivity contribution < 1.29 is 26.3 Å². The van der Waals surface area contributed by atoms with E-state index in [4.69, 9.17) is 4.74 Å². The number of benzene rings is 1. The highest BCUT2D eigenvalue weighted by Crippen LogP contribution is 2.28. The molecule has 0 amide bonds. The first-order valence-electron chi connectivity index (χ1n) is 7.30. The summed E-state index contributed by atoms with van der Waals surface area (Å²) in [5.74, 6) is 0.203. The zero-order valence-electron chi connectivity index (χ0n) is 13.9. The second kappa shape index (κ2) is 7.04. The molecule has 1 N–H and O–H groups in total. The lowest BCUT2D eigenvalue weighted by molar-refractivity contribution is -0.141. The van der Waals surface area contributed by atoms with Gasteiger partial charge in [-0.15, -0.1) is 0 Å². The summed E-state index contributed by atoms with van der Waals surface area (Å²) in [5.41, 5.74) is 0.640. The van der Waals surface area contributed by atoms with Crippen LogP contribution >= 0.6 is 0 Å². The van der Waals surface area contributed by atoms with Crippen molar-refractivity contribution in [1.29, 1.82) is 0 Å². The number of nitrogens with zero attached hydrogens (tertiary/aromatic N) is 2. The van der Waals surface area contributed by atoms with Crippen LogP contribution in [-0.2, 0) is 22.7 Å². The maximum atomic E-state index is 12.5. The summed E-state index contributed by atoms with van der Waals surface area (Å²) in [7, 11) is -2.51. The van der Waals surface area contributed by atoms with Crippen LogP contribution in [0.3, 0.4) is 0 Å². The molecule has 0 bridgehead atoms. The highest BCUT2D eigenvalue weighted by atomic mass is 32.2. The smallest absolute Gasteiger partial charge is 0.435 e. The average Bonchev–Trinajstić information content (AvgIpc) is 2.98. The standard InChI is InChI=1S/C15H18F3N3O3S/c1-10-8-12(24-3)13(9-11(10)2)25(22,23)19-5-7-21-6-4-14(20-21)15(16,17)18/h4,6,8-9,19H,5,7H2,1-3H3. The van der Waals surface area contributed by atoms with Crippen LogP contribution in [-0.4, -0.2) is 31.9 Å². The Morgan fingerprint density at radius 1 is 1.24 bits per heavy atom. The lowest BCUT2D eigenvalue weighted by atomic mass is 10.1. The maximum Gasteiger partial charge on any atom is 0.435 e. The molecule has 0 saturated carbocycles. The number of aromatic nitrogens is 2. The summed E-state index contributed by atoms with van der Waals surface area (Å²) in [6.07, 6.45) is -3.38. The van der Waals surface area contributed by atoms with Gasteiger partial charge in [-0.2, -0.15) is 18.3 Å². The number of halogens is 3. The first-order chi connectivity index (χ1) is 11.5. The first-order valence-corrected chi connectivity index (χ1v) is 8.78. The molecule has 25 heavy (non-hydrogen) atoms. The van der Waals surface area contributed by atoms with E-state index in [1.807, 2.05) is 6.92 Å². The Kier molecular flexibility index (Phi) is 5.43. The Balaban J connectivity index is 2.10. The number of methoxy groups -OCH3 is 1. The van der Waals surface area contributed by atoms with E-state index in [9.17, 15) is 21.6 Å². The largest absolute Gasteiger partial charge is 0.495 e. The summed E-state index contributed by atoms with van der Waals surface area (Å²) < 4.78 is 70.8. The number of alkyl halides is 3. The third-order valence-corrected chi connectivity index (χ3v) is 5.12. The molecule has 0 aliphatic rings. The summed E-state index contributed by atoms with van der Waals surface area (Å²) in [4.78, 5) is -0.0189. The van der Waals surface area contributed by atoms with E-state index in [0.29, 0.717) is 0 Å². The fraction of sp³-hybridized carbons (Fsp3) is 0.400. The van der Waals surface area contributed by atoms with E-state index >= 15 is 0 Å². The SMILES string of the molecule is COc1cc(C)c(C)cc1S(=O)(=O)NCCn1ccc(C(F)(F)F)n1. The summed E-state index contributed by atoms with van der Waals surface area (Å²) in [6, 6.07) is 3.94. The van der Waals surface area contributed by atoms with Gasteiger partial charge in [-0.3, -0.25) is 4.68 Å². The molecule has 0 aliphatic heterocycles. The third kappa shape index (κ3) is 4.51. The first kappa shape index (κ1) is 19.3. The maximum absolute atomic E-state index is 12.5. The molecule has 0 saturated heterocycles. The Hall–Kier alpha value is -2.07. The molecule has 10 heteroatoms. The second-order valence-electron chi connectivity index (χ2n) is 5.45. The molecule has 1 aromatic carbocycles. The van der Waals surface area contributed by atoms with Gasteiger partial charge in [-0.25, -0.2) is 13.1 Å². The third-order valence-electron chi connectivity index (χ3n) is 3.63. The lowest BCUT2D eigenvalue weighted by Gasteiger charge is -2.13. The van der Waals surface area contributed by atoms with E-state index in [1.54, 1.807) is 13.0 Å². The van der Waals surface area contributed by atoms with Crippen LogP contribution in [0.15, 0.2) is 29.3 Å². The fourth-order valence-electron chi connectivity index (χ4n) is 2.14. The minimum Gasteiger partial charge on any atom is -0.495 e. The van der Waals surface area contributed by atoms with Gasteiger partial charge < -0.3 is 4.74 Å². The van der Waals surface area contributed by atoms with Crippen molar-refractivity contribution in [2.75, 3.05) is 13.7 Å². The van der Waals surface area contributed by atoms with Gasteiger partial charge in [0.15, 0.2) is 5.69 Å². The number of hydrogen-bond acceptors (Lipinski definition) is 4. The predicted molar refractivity (Wildman–Crippen MR) is 84.9 cm³/mol. The monoisotopic (exact) mass is 377 g/mol. The van der Waals surface area contributed by atoms with Crippen molar-refractivity contribution in [3.05, 3.63) is 41.2 Å². The Bertz CT molecular complexity index is 861. The van der Waals surface area contributed by atoms with E-state index in [-0.39, 0.29) is 23.7 Å². The van der Waals surface area contributed by atoms with Crippen LogP contribution in [0.25, 0.3) is 0 Å². The predicted octanol–water partition coefficient (Wildman–Crippen LogP) is 2.51. The minimum atomic E-state index is -4.53. The number of nitrogens with one attached hydrogen (secondary N) is 1. The minimum absolute atomic E-state index is 0.0189. The van der Waals surface area contributed by atoms with Crippen molar-refractivity contribution in [3.8, 4) is 5.75 Å². The number of sulfonamides is 1. The molecule has 138 valence electrons. The highest BCUT2D eigenvalue weighted by molar-refractivity contribution is 7.89. The summed E-state index contributed by atoms with van der Waals surface area (Å²) in [6.45, 7) is 3.45. The van der Waals surface area contributed by atoms with Crippen molar-refractivity contribution in [2.24, 2.45) is 0 Å². The van der Waals surface area contributed by atoms with Crippen LogP contribution in [0, 0.1) is 13.8 Å². The Morgan fingerprint density at radius 2 is 1.88 bits per heavy atom. The van der Waals surface area contributed by atoms with Crippen molar-refractivity contribution in [3.63, 3.8) is 0 Å². The van der Waals surface area contributed by atoms with E-state index in [0.717, 1.165) is 28.1 Å². The number of aryl methyl sites for hydroxylation is 2. The van der Waals surface area contributed by atoms with E-state index < -0.39 is 21.9 Å². The van der Waals surface area contributed by atoms with Crippen molar-refractivity contribution in [1.82, 2.24) is 14.5 Å².